The number of nitrogens with one attached hydrogen (secondary N) is 1. The Morgan fingerprint density at radius 1 is 1.07 bits per heavy atom. The molecule has 0 atom stereocenters. The maximum atomic E-state index is 11.8. The van der Waals surface area contributed by atoms with E-state index >= 15 is 0 Å². The van der Waals surface area contributed by atoms with Crippen molar-refractivity contribution in [1.29, 1.82) is 0 Å². The van der Waals surface area contributed by atoms with E-state index in [1.807, 2.05) is 43.6 Å². The number of benzene rings is 1. The molecule has 0 aliphatic carbocycles. The fourth-order valence-corrected chi connectivity index (χ4v) is 3.57. The van der Waals surface area contributed by atoms with Crippen LogP contribution in [0.25, 0.3) is 22.5 Å². The molecule has 144 valence electrons. The quantitative estimate of drug-likeness (QED) is 0.729. The average Bonchev–Trinajstić information content (AvgIpc) is 3.25. The number of nitrogens with zero attached hydrogens (tertiary/aromatic N) is 3. The SMILES string of the molecule is CCOC(=O)N1CCC(c2ncc(-c3ccc(-c4ccccc4)nc3)[nH]2)CC1. The number of hydrogen-bond acceptors (Lipinski definition) is 4. The molecule has 1 fully saturated rings. The van der Waals surface area contributed by atoms with Gasteiger partial charge in [-0.25, -0.2) is 9.78 Å². The zero-order valence-electron chi connectivity index (χ0n) is 16.0. The van der Waals surface area contributed by atoms with Gasteiger partial charge in [-0.2, -0.15) is 0 Å². The van der Waals surface area contributed by atoms with Crippen molar-refractivity contribution in [3.63, 3.8) is 0 Å². The zero-order valence-corrected chi connectivity index (χ0v) is 16.0. The van der Waals surface area contributed by atoms with Crippen LogP contribution in [0.4, 0.5) is 4.79 Å². The molecule has 1 aromatic carbocycles. The predicted molar refractivity (Wildman–Crippen MR) is 108 cm³/mol. The van der Waals surface area contributed by atoms with Gasteiger partial charge in [0.05, 0.1) is 24.2 Å². The second-order valence-electron chi connectivity index (χ2n) is 6.94. The highest BCUT2D eigenvalue weighted by molar-refractivity contribution is 5.67. The molecule has 1 saturated heterocycles. The van der Waals surface area contributed by atoms with E-state index in [2.05, 4.69) is 33.2 Å². The van der Waals surface area contributed by atoms with Gasteiger partial charge in [-0.1, -0.05) is 30.3 Å². The summed E-state index contributed by atoms with van der Waals surface area (Å²) in [5, 5.41) is 0. The summed E-state index contributed by atoms with van der Waals surface area (Å²) in [6, 6.07) is 14.2. The minimum absolute atomic E-state index is 0.217. The third-order valence-electron chi connectivity index (χ3n) is 5.15. The van der Waals surface area contributed by atoms with E-state index < -0.39 is 0 Å². The lowest BCUT2D eigenvalue weighted by Crippen LogP contribution is -2.38. The summed E-state index contributed by atoms with van der Waals surface area (Å²) in [6.07, 6.45) is 5.30. The van der Waals surface area contributed by atoms with Crippen molar-refractivity contribution in [3.05, 3.63) is 60.7 Å². The van der Waals surface area contributed by atoms with Crippen LogP contribution in [0, 0.1) is 0 Å². The van der Waals surface area contributed by atoms with Crippen molar-refractivity contribution >= 4 is 6.09 Å². The molecule has 28 heavy (non-hydrogen) atoms. The predicted octanol–water partition coefficient (Wildman–Crippen LogP) is 4.47. The number of pyridine rings is 1. The summed E-state index contributed by atoms with van der Waals surface area (Å²) in [7, 11) is 0. The molecule has 2 aromatic heterocycles. The summed E-state index contributed by atoms with van der Waals surface area (Å²) in [6.45, 7) is 3.65. The van der Waals surface area contributed by atoms with Crippen LogP contribution in [-0.4, -0.2) is 45.6 Å². The maximum Gasteiger partial charge on any atom is 0.409 e. The van der Waals surface area contributed by atoms with Crippen molar-refractivity contribution in [2.45, 2.75) is 25.7 Å². The summed E-state index contributed by atoms with van der Waals surface area (Å²) >= 11 is 0. The van der Waals surface area contributed by atoms with Gasteiger partial charge in [-0.15, -0.1) is 0 Å². The summed E-state index contributed by atoms with van der Waals surface area (Å²) in [5.74, 6) is 1.31. The Balaban J connectivity index is 1.42. The molecule has 3 heterocycles. The van der Waals surface area contributed by atoms with E-state index in [1.165, 1.54) is 0 Å². The Labute approximate surface area is 164 Å². The number of rotatable bonds is 4. The number of imidazole rings is 1. The van der Waals surface area contributed by atoms with E-state index in [-0.39, 0.29) is 6.09 Å². The van der Waals surface area contributed by atoms with Gasteiger partial charge < -0.3 is 14.6 Å². The van der Waals surface area contributed by atoms with Crippen LogP contribution in [-0.2, 0) is 4.74 Å². The van der Waals surface area contributed by atoms with Crippen LogP contribution < -0.4 is 0 Å². The van der Waals surface area contributed by atoms with E-state index in [4.69, 9.17) is 4.74 Å². The molecule has 0 bridgehead atoms. The molecule has 0 unspecified atom stereocenters. The minimum atomic E-state index is -0.217. The van der Waals surface area contributed by atoms with Crippen LogP contribution in [0.1, 0.15) is 31.5 Å². The highest BCUT2D eigenvalue weighted by atomic mass is 16.6. The Morgan fingerprint density at radius 2 is 1.86 bits per heavy atom. The monoisotopic (exact) mass is 376 g/mol. The largest absolute Gasteiger partial charge is 0.450 e. The Hall–Kier alpha value is -3.15. The molecule has 1 aliphatic heterocycles. The van der Waals surface area contributed by atoms with Crippen molar-refractivity contribution in [1.82, 2.24) is 19.9 Å². The Morgan fingerprint density at radius 3 is 2.54 bits per heavy atom. The van der Waals surface area contributed by atoms with Crippen molar-refractivity contribution in [2.24, 2.45) is 0 Å². The van der Waals surface area contributed by atoms with E-state index in [9.17, 15) is 4.79 Å². The standard InChI is InChI=1S/C22H24N4O2/c1-2-28-22(27)26-12-10-17(11-13-26)21-24-15-20(25-21)18-8-9-19(23-14-18)16-6-4-3-5-7-16/h3-9,14-15,17H,2,10-13H2,1H3,(H,24,25). The van der Waals surface area contributed by atoms with Gasteiger partial charge >= 0.3 is 6.09 Å². The number of carbonyl (C=O) groups is 1. The van der Waals surface area contributed by atoms with E-state index in [1.54, 1.807) is 4.90 Å². The number of piperidine rings is 1. The van der Waals surface area contributed by atoms with Gasteiger partial charge in [0.15, 0.2) is 0 Å². The number of aromatic amines is 1. The molecule has 6 nitrogen and oxygen atoms in total. The van der Waals surface area contributed by atoms with E-state index in [0.29, 0.717) is 25.6 Å². The number of ether oxygens (including phenoxy) is 1. The molecule has 0 saturated carbocycles. The lowest BCUT2D eigenvalue weighted by atomic mass is 9.96. The molecule has 1 amide bonds. The second kappa shape index (κ2) is 8.25. The first kappa shape index (κ1) is 18.2. The molecular formula is C22H24N4O2. The molecule has 3 aromatic rings. The maximum absolute atomic E-state index is 11.8. The van der Waals surface area contributed by atoms with Crippen LogP contribution in [0.2, 0.25) is 0 Å². The van der Waals surface area contributed by atoms with Crippen molar-refractivity contribution < 1.29 is 9.53 Å². The van der Waals surface area contributed by atoms with Gasteiger partial charge in [-0.05, 0) is 31.9 Å². The molecule has 1 aliphatic rings. The Bertz CT molecular complexity index is 913. The molecule has 0 radical (unpaired) electrons. The molecule has 0 spiro atoms. The highest BCUT2D eigenvalue weighted by Gasteiger charge is 2.26. The first-order valence-electron chi connectivity index (χ1n) is 9.73. The van der Waals surface area contributed by atoms with Gasteiger partial charge in [-0.3, -0.25) is 4.98 Å². The molecule has 4 rings (SSSR count). The van der Waals surface area contributed by atoms with E-state index in [0.717, 1.165) is 41.2 Å². The van der Waals surface area contributed by atoms with Crippen LogP contribution in [0.5, 0.6) is 0 Å². The first-order chi connectivity index (χ1) is 13.7. The Kier molecular flexibility index (Phi) is 5.37. The van der Waals surface area contributed by atoms with Crippen molar-refractivity contribution in [3.8, 4) is 22.5 Å². The number of H-pyrrole nitrogens is 1. The topological polar surface area (TPSA) is 71.1 Å². The van der Waals surface area contributed by atoms with Gasteiger partial charge in [0.25, 0.3) is 0 Å². The molecule has 1 N–H and O–H groups in total. The lowest BCUT2D eigenvalue weighted by molar-refractivity contribution is 0.0966. The van der Waals surface area contributed by atoms with Gasteiger partial charge in [0, 0.05) is 36.3 Å². The number of amides is 1. The lowest BCUT2D eigenvalue weighted by Gasteiger charge is -2.30. The number of likely N-dealkylation sites (tertiary alicyclic amines) is 1. The van der Waals surface area contributed by atoms with Gasteiger partial charge in [0.2, 0.25) is 0 Å². The number of hydrogen-bond donors (Lipinski definition) is 1. The van der Waals surface area contributed by atoms with Crippen LogP contribution in [0.15, 0.2) is 54.9 Å². The van der Waals surface area contributed by atoms with Crippen LogP contribution in [0.3, 0.4) is 0 Å². The first-order valence-corrected chi connectivity index (χ1v) is 9.73. The summed E-state index contributed by atoms with van der Waals surface area (Å²) in [5.41, 5.74) is 4.04. The normalized spacial score (nSPS) is 14.8. The number of aromatic nitrogens is 3. The molecule has 6 heteroatoms. The summed E-state index contributed by atoms with van der Waals surface area (Å²) in [4.78, 5) is 26.2. The number of carbonyl (C=O) groups excluding carboxylic acids is 1. The van der Waals surface area contributed by atoms with Gasteiger partial charge in [0.1, 0.15) is 5.82 Å². The third-order valence-corrected chi connectivity index (χ3v) is 5.15. The summed E-state index contributed by atoms with van der Waals surface area (Å²) < 4.78 is 5.08. The highest BCUT2D eigenvalue weighted by Crippen LogP contribution is 2.28. The minimum Gasteiger partial charge on any atom is -0.450 e. The smallest absolute Gasteiger partial charge is 0.409 e. The molecular weight excluding hydrogens is 352 g/mol. The fraction of sp³-hybridized carbons (Fsp3) is 0.318. The van der Waals surface area contributed by atoms with Crippen LogP contribution >= 0.6 is 0 Å². The fourth-order valence-electron chi connectivity index (χ4n) is 3.57. The van der Waals surface area contributed by atoms with Crippen molar-refractivity contribution in [2.75, 3.05) is 19.7 Å². The average molecular weight is 376 g/mol. The zero-order chi connectivity index (χ0) is 19.3. The second-order valence-corrected chi connectivity index (χ2v) is 6.94. The third kappa shape index (κ3) is 3.91.